The molecule has 0 atom stereocenters. The summed E-state index contributed by atoms with van der Waals surface area (Å²) in [6.07, 6.45) is 0.932. The smallest absolute Gasteiger partial charge is 0.253 e. The first-order valence-electron chi connectivity index (χ1n) is 6.51. The summed E-state index contributed by atoms with van der Waals surface area (Å²) in [6.45, 7) is 1.22. The number of rotatable bonds is 3. The summed E-state index contributed by atoms with van der Waals surface area (Å²) in [4.78, 5) is 12.1. The molecule has 0 spiro atoms. The van der Waals surface area contributed by atoms with Crippen LogP contribution >= 0.6 is 11.6 Å². The van der Waals surface area contributed by atoms with Gasteiger partial charge in [-0.3, -0.25) is 4.79 Å². The molecule has 0 aromatic heterocycles. The fourth-order valence-corrected chi connectivity index (χ4v) is 2.49. The minimum absolute atomic E-state index is 0.160. The number of nitrogens with one attached hydrogen (secondary N) is 1. The third-order valence-corrected chi connectivity index (χ3v) is 3.66. The minimum Gasteiger partial charge on any atom is -0.493 e. The molecule has 1 heterocycles. The van der Waals surface area contributed by atoms with Gasteiger partial charge >= 0.3 is 0 Å². The van der Waals surface area contributed by atoms with Gasteiger partial charge in [0.15, 0.2) is 0 Å². The molecule has 3 rings (SSSR count). The fraction of sp³-hybridized carbons (Fsp3) is 0.188. The van der Waals surface area contributed by atoms with Crippen LogP contribution in [0.15, 0.2) is 42.5 Å². The molecule has 0 fully saturated rings. The van der Waals surface area contributed by atoms with Crippen molar-refractivity contribution < 1.29 is 9.53 Å². The van der Waals surface area contributed by atoms with E-state index in [0.717, 1.165) is 24.3 Å². The fourth-order valence-electron chi connectivity index (χ4n) is 2.27. The van der Waals surface area contributed by atoms with Gasteiger partial charge in [-0.1, -0.05) is 35.9 Å². The van der Waals surface area contributed by atoms with Crippen molar-refractivity contribution >= 4 is 17.5 Å². The molecule has 0 unspecified atom stereocenters. The van der Waals surface area contributed by atoms with E-state index >= 15 is 0 Å². The Morgan fingerprint density at radius 2 is 2.10 bits per heavy atom. The molecule has 1 aliphatic rings. The van der Waals surface area contributed by atoms with E-state index in [9.17, 15) is 4.79 Å². The van der Waals surface area contributed by atoms with Crippen molar-refractivity contribution in [3.05, 3.63) is 64.2 Å². The molecule has 0 saturated heterocycles. The Hall–Kier alpha value is -2.00. The Balaban J connectivity index is 1.68. The van der Waals surface area contributed by atoms with Crippen molar-refractivity contribution in [2.75, 3.05) is 6.61 Å². The normalized spacial score (nSPS) is 12.7. The van der Waals surface area contributed by atoms with Gasteiger partial charge in [-0.2, -0.15) is 0 Å². The molecule has 20 heavy (non-hydrogen) atoms. The Morgan fingerprint density at radius 3 is 2.95 bits per heavy atom. The van der Waals surface area contributed by atoms with Gasteiger partial charge < -0.3 is 10.1 Å². The number of benzene rings is 2. The molecule has 0 aliphatic carbocycles. The highest BCUT2D eigenvalue weighted by atomic mass is 35.5. The summed E-state index contributed by atoms with van der Waals surface area (Å²) in [7, 11) is 0. The Labute approximate surface area is 122 Å². The topological polar surface area (TPSA) is 38.3 Å². The quantitative estimate of drug-likeness (QED) is 0.941. The molecule has 2 aromatic carbocycles. The molecule has 4 heteroatoms. The SMILES string of the molecule is O=C(NCc1ccc2c(c1)CCO2)c1ccccc1Cl. The third kappa shape index (κ3) is 2.63. The zero-order valence-electron chi connectivity index (χ0n) is 10.9. The number of ether oxygens (including phenoxy) is 1. The molecule has 1 aliphatic heterocycles. The molecule has 102 valence electrons. The van der Waals surface area contributed by atoms with Crippen molar-refractivity contribution in [2.45, 2.75) is 13.0 Å². The van der Waals surface area contributed by atoms with Crippen LogP contribution in [0.5, 0.6) is 5.75 Å². The van der Waals surface area contributed by atoms with E-state index in [1.165, 1.54) is 5.56 Å². The second kappa shape index (κ2) is 5.55. The van der Waals surface area contributed by atoms with Crippen LogP contribution in [0.4, 0.5) is 0 Å². The number of carbonyl (C=O) groups excluding carboxylic acids is 1. The highest BCUT2D eigenvalue weighted by Crippen LogP contribution is 2.25. The average molecular weight is 288 g/mol. The lowest BCUT2D eigenvalue weighted by molar-refractivity contribution is 0.0951. The van der Waals surface area contributed by atoms with Crippen molar-refractivity contribution in [2.24, 2.45) is 0 Å². The molecular weight excluding hydrogens is 274 g/mol. The van der Waals surface area contributed by atoms with Gasteiger partial charge in [0.1, 0.15) is 5.75 Å². The van der Waals surface area contributed by atoms with Crippen molar-refractivity contribution in [1.29, 1.82) is 0 Å². The molecule has 0 radical (unpaired) electrons. The van der Waals surface area contributed by atoms with Gasteiger partial charge in [0, 0.05) is 13.0 Å². The lowest BCUT2D eigenvalue weighted by Gasteiger charge is -2.08. The van der Waals surface area contributed by atoms with Gasteiger partial charge in [-0.05, 0) is 29.3 Å². The highest BCUT2D eigenvalue weighted by molar-refractivity contribution is 6.33. The van der Waals surface area contributed by atoms with Crippen molar-refractivity contribution in [3.63, 3.8) is 0 Å². The summed E-state index contributed by atoms with van der Waals surface area (Å²) >= 11 is 6.00. The van der Waals surface area contributed by atoms with Crippen LogP contribution in [0.25, 0.3) is 0 Å². The number of fused-ring (bicyclic) bond motifs is 1. The van der Waals surface area contributed by atoms with Gasteiger partial charge in [-0.15, -0.1) is 0 Å². The van der Waals surface area contributed by atoms with E-state index in [0.29, 0.717) is 17.1 Å². The van der Waals surface area contributed by atoms with E-state index in [2.05, 4.69) is 11.4 Å². The molecule has 1 N–H and O–H groups in total. The Bertz CT molecular complexity index is 655. The maximum atomic E-state index is 12.1. The molecule has 0 saturated carbocycles. The number of hydrogen-bond acceptors (Lipinski definition) is 2. The third-order valence-electron chi connectivity index (χ3n) is 3.33. The summed E-state index contributed by atoms with van der Waals surface area (Å²) in [6, 6.07) is 13.0. The van der Waals surface area contributed by atoms with Crippen LogP contribution in [0.2, 0.25) is 5.02 Å². The largest absolute Gasteiger partial charge is 0.493 e. The predicted octanol–water partition coefficient (Wildman–Crippen LogP) is 3.20. The molecule has 1 amide bonds. The lowest BCUT2D eigenvalue weighted by atomic mass is 10.1. The summed E-state index contributed by atoms with van der Waals surface area (Å²) in [5.41, 5.74) is 2.77. The van der Waals surface area contributed by atoms with Crippen LogP contribution < -0.4 is 10.1 Å². The van der Waals surface area contributed by atoms with Gasteiger partial charge in [0.05, 0.1) is 17.2 Å². The number of carbonyl (C=O) groups is 1. The first kappa shape index (κ1) is 13.0. The average Bonchev–Trinajstić information content (AvgIpc) is 2.92. The van der Waals surface area contributed by atoms with Gasteiger partial charge in [-0.25, -0.2) is 0 Å². The van der Waals surface area contributed by atoms with Crippen molar-refractivity contribution in [3.8, 4) is 5.75 Å². The standard InChI is InChI=1S/C16H14ClNO2/c17-14-4-2-1-3-13(14)16(19)18-10-11-5-6-15-12(9-11)7-8-20-15/h1-6,9H,7-8,10H2,(H,18,19). The first-order chi connectivity index (χ1) is 9.74. The first-order valence-corrected chi connectivity index (χ1v) is 6.89. The second-order valence-corrected chi connectivity index (χ2v) is 5.11. The monoisotopic (exact) mass is 287 g/mol. The van der Waals surface area contributed by atoms with Crippen LogP contribution in [0, 0.1) is 0 Å². The predicted molar refractivity (Wildman–Crippen MR) is 78.3 cm³/mol. The second-order valence-electron chi connectivity index (χ2n) is 4.70. The molecule has 3 nitrogen and oxygen atoms in total. The maximum Gasteiger partial charge on any atom is 0.253 e. The van der Waals surface area contributed by atoms with Crippen molar-refractivity contribution in [1.82, 2.24) is 5.32 Å². The van der Waals surface area contributed by atoms with Crippen LogP contribution in [-0.2, 0) is 13.0 Å². The molecule has 0 bridgehead atoms. The Kier molecular flexibility index (Phi) is 3.61. The van der Waals surface area contributed by atoms with E-state index in [-0.39, 0.29) is 5.91 Å². The Morgan fingerprint density at radius 1 is 1.25 bits per heavy atom. The molecule has 2 aromatic rings. The summed E-state index contributed by atoms with van der Waals surface area (Å²) in [5.74, 6) is 0.790. The lowest BCUT2D eigenvalue weighted by Crippen LogP contribution is -2.23. The highest BCUT2D eigenvalue weighted by Gasteiger charge is 2.13. The van der Waals surface area contributed by atoms with Crippen LogP contribution in [-0.4, -0.2) is 12.5 Å². The minimum atomic E-state index is -0.160. The number of halogens is 1. The number of amides is 1. The summed E-state index contributed by atoms with van der Waals surface area (Å²) < 4.78 is 5.46. The van der Waals surface area contributed by atoms with E-state index in [1.54, 1.807) is 24.3 Å². The zero-order valence-corrected chi connectivity index (χ0v) is 11.6. The summed E-state index contributed by atoms with van der Waals surface area (Å²) in [5, 5.41) is 3.35. The number of hydrogen-bond donors (Lipinski definition) is 1. The van der Waals surface area contributed by atoms with Crippen LogP contribution in [0.3, 0.4) is 0 Å². The zero-order chi connectivity index (χ0) is 13.9. The van der Waals surface area contributed by atoms with Gasteiger partial charge in [0.2, 0.25) is 0 Å². The van der Waals surface area contributed by atoms with Gasteiger partial charge in [0.25, 0.3) is 5.91 Å². The van der Waals surface area contributed by atoms with E-state index in [4.69, 9.17) is 16.3 Å². The maximum absolute atomic E-state index is 12.1. The molecular formula is C16H14ClNO2. The van der Waals surface area contributed by atoms with Crippen LogP contribution in [0.1, 0.15) is 21.5 Å². The van der Waals surface area contributed by atoms with E-state index < -0.39 is 0 Å². The van der Waals surface area contributed by atoms with E-state index in [1.807, 2.05) is 12.1 Å².